The van der Waals surface area contributed by atoms with Gasteiger partial charge in [0.25, 0.3) is 0 Å². The Morgan fingerprint density at radius 3 is 2.40 bits per heavy atom. The summed E-state index contributed by atoms with van der Waals surface area (Å²) < 4.78 is 0. The van der Waals surface area contributed by atoms with Gasteiger partial charge in [-0.05, 0) is 25.0 Å². The van der Waals surface area contributed by atoms with Crippen LogP contribution in [0, 0.1) is 0 Å². The molecule has 1 aromatic heterocycles. The Balaban J connectivity index is 2.19. The molecule has 1 fully saturated rings. The second-order valence-corrected chi connectivity index (χ2v) is 4.72. The number of nitrogens with zero attached hydrogens (tertiary/aromatic N) is 1. The molecule has 2 nitrogen and oxygen atoms in total. The summed E-state index contributed by atoms with van der Waals surface area (Å²) in [7, 11) is 0. The van der Waals surface area contributed by atoms with Crippen LogP contribution in [0.4, 0.5) is 5.69 Å². The molecule has 1 aliphatic carbocycles. The molecule has 1 heterocycles. The van der Waals surface area contributed by atoms with Crippen molar-refractivity contribution in [3.05, 3.63) is 23.0 Å². The number of halogens is 1. The number of nitrogens with two attached hydrogens (primary N) is 1. The molecule has 0 unspecified atom stereocenters. The molecule has 2 rings (SSSR count). The van der Waals surface area contributed by atoms with Gasteiger partial charge in [-0.25, -0.2) is 4.98 Å². The van der Waals surface area contributed by atoms with Gasteiger partial charge in [-0.1, -0.05) is 37.3 Å². The van der Waals surface area contributed by atoms with Gasteiger partial charge in [-0.3, -0.25) is 0 Å². The van der Waals surface area contributed by atoms with Crippen molar-refractivity contribution >= 4 is 17.3 Å². The lowest BCUT2D eigenvalue weighted by molar-refractivity contribution is 0.578. The van der Waals surface area contributed by atoms with E-state index < -0.39 is 0 Å². The standard InChI is InChI=1S/C12H17ClN2/c13-12-8-10(14)7-11(15-12)9-5-3-1-2-4-6-9/h7-9H,1-6H2,(H2,14,15). The Morgan fingerprint density at radius 1 is 1.13 bits per heavy atom. The van der Waals surface area contributed by atoms with Gasteiger partial charge in [0.05, 0.1) is 0 Å². The van der Waals surface area contributed by atoms with Crippen LogP contribution >= 0.6 is 11.6 Å². The van der Waals surface area contributed by atoms with Crippen LogP contribution in [0.5, 0.6) is 0 Å². The lowest BCUT2D eigenvalue weighted by atomic mass is 9.96. The molecular formula is C12H17ClN2. The molecule has 15 heavy (non-hydrogen) atoms. The van der Waals surface area contributed by atoms with Crippen LogP contribution < -0.4 is 5.73 Å². The first-order chi connectivity index (χ1) is 7.25. The third kappa shape index (κ3) is 2.85. The first kappa shape index (κ1) is 10.7. The van der Waals surface area contributed by atoms with Crippen molar-refractivity contribution in [2.45, 2.75) is 44.4 Å². The van der Waals surface area contributed by atoms with Crippen molar-refractivity contribution in [3.63, 3.8) is 0 Å². The Bertz CT molecular complexity index is 310. The highest BCUT2D eigenvalue weighted by Crippen LogP contribution is 2.31. The first-order valence-corrected chi connectivity index (χ1v) is 6.06. The van der Waals surface area contributed by atoms with Crippen LogP contribution in [0.2, 0.25) is 5.15 Å². The summed E-state index contributed by atoms with van der Waals surface area (Å²) in [6, 6.07) is 3.68. The number of hydrogen-bond donors (Lipinski definition) is 1. The summed E-state index contributed by atoms with van der Waals surface area (Å²) in [5.41, 5.74) is 7.60. The minimum absolute atomic E-state index is 0.522. The predicted octanol–water partition coefficient (Wildman–Crippen LogP) is 3.76. The number of aromatic nitrogens is 1. The van der Waals surface area contributed by atoms with E-state index in [-0.39, 0.29) is 0 Å². The molecule has 1 saturated carbocycles. The number of hydrogen-bond acceptors (Lipinski definition) is 2. The molecule has 0 spiro atoms. The topological polar surface area (TPSA) is 38.9 Å². The molecule has 1 aliphatic rings. The van der Waals surface area contributed by atoms with Gasteiger partial charge in [0.15, 0.2) is 0 Å². The SMILES string of the molecule is Nc1cc(Cl)nc(C2CCCCCC2)c1. The van der Waals surface area contributed by atoms with Crippen molar-refractivity contribution in [1.82, 2.24) is 4.98 Å². The Hall–Kier alpha value is -0.760. The third-order valence-electron chi connectivity index (χ3n) is 3.11. The van der Waals surface area contributed by atoms with E-state index in [1.54, 1.807) is 6.07 Å². The average Bonchev–Trinajstić information content (AvgIpc) is 2.43. The van der Waals surface area contributed by atoms with Crippen molar-refractivity contribution in [2.75, 3.05) is 5.73 Å². The van der Waals surface area contributed by atoms with Gasteiger partial charge in [0.2, 0.25) is 0 Å². The maximum atomic E-state index is 5.92. The minimum atomic E-state index is 0.522. The molecule has 0 aliphatic heterocycles. The predicted molar refractivity (Wildman–Crippen MR) is 64.1 cm³/mol. The molecule has 0 atom stereocenters. The zero-order chi connectivity index (χ0) is 10.7. The molecule has 0 radical (unpaired) electrons. The largest absolute Gasteiger partial charge is 0.399 e. The Labute approximate surface area is 95.8 Å². The molecule has 1 aromatic rings. The fourth-order valence-corrected chi connectivity index (χ4v) is 2.55. The fourth-order valence-electron chi connectivity index (χ4n) is 2.32. The molecule has 0 aromatic carbocycles. The summed E-state index contributed by atoms with van der Waals surface area (Å²) in [5, 5.41) is 0.522. The molecule has 82 valence electrons. The van der Waals surface area contributed by atoms with Gasteiger partial charge in [-0.2, -0.15) is 0 Å². The van der Waals surface area contributed by atoms with E-state index in [1.807, 2.05) is 6.07 Å². The number of rotatable bonds is 1. The van der Waals surface area contributed by atoms with Crippen LogP contribution in [-0.4, -0.2) is 4.98 Å². The van der Waals surface area contributed by atoms with Crippen LogP contribution in [0.25, 0.3) is 0 Å². The van der Waals surface area contributed by atoms with E-state index >= 15 is 0 Å². The van der Waals surface area contributed by atoms with Crippen LogP contribution in [0.3, 0.4) is 0 Å². The van der Waals surface area contributed by atoms with E-state index in [1.165, 1.54) is 38.5 Å². The lowest BCUT2D eigenvalue weighted by Crippen LogP contribution is -2.02. The summed E-state index contributed by atoms with van der Waals surface area (Å²) >= 11 is 5.92. The lowest BCUT2D eigenvalue weighted by Gasteiger charge is -2.13. The van der Waals surface area contributed by atoms with Crippen LogP contribution in [-0.2, 0) is 0 Å². The second kappa shape index (κ2) is 4.84. The minimum Gasteiger partial charge on any atom is -0.399 e. The molecular weight excluding hydrogens is 208 g/mol. The van der Waals surface area contributed by atoms with E-state index in [9.17, 15) is 0 Å². The zero-order valence-electron chi connectivity index (χ0n) is 8.88. The van der Waals surface area contributed by atoms with Gasteiger partial charge in [-0.15, -0.1) is 0 Å². The Kier molecular flexibility index (Phi) is 3.47. The Morgan fingerprint density at radius 2 is 1.80 bits per heavy atom. The van der Waals surface area contributed by atoms with Gasteiger partial charge < -0.3 is 5.73 Å². The highest BCUT2D eigenvalue weighted by atomic mass is 35.5. The average molecular weight is 225 g/mol. The molecule has 3 heteroatoms. The molecule has 0 amide bonds. The van der Waals surface area contributed by atoms with Gasteiger partial charge >= 0.3 is 0 Å². The van der Waals surface area contributed by atoms with Crippen LogP contribution in [0.1, 0.15) is 50.1 Å². The summed E-state index contributed by atoms with van der Waals surface area (Å²) in [6.07, 6.45) is 7.77. The highest BCUT2D eigenvalue weighted by molar-refractivity contribution is 6.29. The fraction of sp³-hybridized carbons (Fsp3) is 0.583. The van der Waals surface area contributed by atoms with Crippen molar-refractivity contribution in [3.8, 4) is 0 Å². The number of pyridine rings is 1. The van der Waals surface area contributed by atoms with Gasteiger partial charge in [0, 0.05) is 17.3 Å². The quantitative estimate of drug-likeness (QED) is 0.583. The van der Waals surface area contributed by atoms with Gasteiger partial charge in [0.1, 0.15) is 5.15 Å². The van der Waals surface area contributed by atoms with Crippen LogP contribution in [0.15, 0.2) is 12.1 Å². The normalized spacial score (nSPS) is 18.7. The molecule has 2 N–H and O–H groups in total. The summed E-state index contributed by atoms with van der Waals surface area (Å²) in [5.74, 6) is 0.563. The van der Waals surface area contributed by atoms with E-state index in [0.29, 0.717) is 11.1 Å². The smallest absolute Gasteiger partial charge is 0.131 e. The van der Waals surface area contributed by atoms with E-state index in [4.69, 9.17) is 17.3 Å². The second-order valence-electron chi connectivity index (χ2n) is 4.34. The monoisotopic (exact) mass is 224 g/mol. The van der Waals surface area contributed by atoms with E-state index in [0.717, 1.165) is 11.4 Å². The summed E-state index contributed by atoms with van der Waals surface area (Å²) in [6.45, 7) is 0. The molecule has 0 saturated heterocycles. The number of nitrogen functional groups attached to an aromatic ring is 1. The maximum Gasteiger partial charge on any atom is 0.131 e. The summed E-state index contributed by atoms with van der Waals surface area (Å²) in [4.78, 5) is 4.38. The third-order valence-corrected chi connectivity index (χ3v) is 3.30. The van der Waals surface area contributed by atoms with Crippen molar-refractivity contribution < 1.29 is 0 Å². The zero-order valence-corrected chi connectivity index (χ0v) is 9.63. The van der Waals surface area contributed by atoms with Crippen molar-refractivity contribution in [2.24, 2.45) is 0 Å². The molecule has 0 bridgehead atoms. The van der Waals surface area contributed by atoms with E-state index in [2.05, 4.69) is 4.98 Å². The first-order valence-electron chi connectivity index (χ1n) is 5.68. The maximum absolute atomic E-state index is 5.92. The highest BCUT2D eigenvalue weighted by Gasteiger charge is 2.16. The number of anilines is 1. The van der Waals surface area contributed by atoms with Crippen molar-refractivity contribution in [1.29, 1.82) is 0 Å².